The molecule has 0 aliphatic heterocycles. The zero-order valence-corrected chi connectivity index (χ0v) is 13.9. The van der Waals surface area contributed by atoms with Crippen molar-refractivity contribution in [3.8, 4) is 0 Å². The molecule has 0 fully saturated rings. The first-order valence-corrected chi connectivity index (χ1v) is 8.61. The van der Waals surface area contributed by atoms with Crippen molar-refractivity contribution in [2.75, 3.05) is 12.0 Å². The first kappa shape index (κ1) is 15.3. The highest BCUT2D eigenvalue weighted by molar-refractivity contribution is 7.98. The second-order valence-corrected chi connectivity index (χ2v) is 6.79. The lowest BCUT2D eigenvalue weighted by Gasteiger charge is -2.10. The molecular weight excluding hydrogens is 323 g/mol. The third kappa shape index (κ3) is 3.33. The van der Waals surface area contributed by atoms with Crippen molar-refractivity contribution in [1.82, 2.24) is 9.55 Å². The monoisotopic (exact) mass is 336 g/mol. The molecule has 0 radical (unpaired) electrons. The number of benzene rings is 1. The predicted molar refractivity (Wildman–Crippen MR) is 87.0 cm³/mol. The molecular formula is C13H15Cl3N2S. The lowest BCUT2D eigenvalue weighted by Crippen LogP contribution is -2.05. The lowest BCUT2D eigenvalue weighted by molar-refractivity contribution is 0.658. The van der Waals surface area contributed by atoms with Crippen LogP contribution in [0.15, 0.2) is 12.1 Å². The van der Waals surface area contributed by atoms with Crippen LogP contribution in [0.25, 0.3) is 11.0 Å². The van der Waals surface area contributed by atoms with Crippen LogP contribution < -0.4 is 0 Å². The summed E-state index contributed by atoms with van der Waals surface area (Å²) in [6.45, 7) is 2.82. The van der Waals surface area contributed by atoms with Gasteiger partial charge in [-0.05, 0) is 37.5 Å². The standard InChI is InChI=1S/C13H15Cl3N2S/c1-8(14)13-17-11-6-9(15)10(16)7-12(11)18(13)4-3-5-19-2/h6-8H,3-5H2,1-2H3. The Labute approximate surface area is 132 Å². The molecule has 2 aromatic rings. The van der Waals surface area contributed by atoms with Gasteiger partial charge in [0.05, 0.1) is 26.5 Å². The highest BCUT2D eigenvalue weighted by atomic mass is 35.5. The molecule has 0 amide bonds. The summed E-state index contributed by atoms with van der Waals surface area (Å²) in [4.78, 5) is 4.57. The highest BCUT2D eigenvalue weighted by Gasteiger charge is 2.16. The molecule has 0 saturated carbocycles. The normalized spacial score (nSPS) is 13.1. The molecule has 1 aromatic heterocycles. The van der Waals surface area contributed by atoms with Crippen LogP contribution in [0.2, 0.25) is 10.0 Å². The van der Waals surface area contributed by atoms with Gasteiger partial charge in [0.15, 0.2) is 0 Å². The van der Waals surface area contributed by atoms with E-state index in [-0.39, 0.29) is 5.38 Å². The van der Waals surface area contributed by atoms with Crippen molar-refractivity contribution < 1.29 is 0 Å². The van der Waals surface area contributed by atoms with E-state index < -0.39 is 0 Å². The lowest BCUT2D eigenvalue weighted by atomic mass is 10.3. The number of rotatable bonds is 5. The van der Waals surface area contributed by atoms with Crippen molar-refractivity contribution in [2.24, 2.45) is 0 Å². The van der Waals surface area contributed by atoms with Crippen LogP contribution in [0.5, 0.6) is 0 Å². The molecule has 2 rings (SSSR count). The van der Waals surface area contributed by atoms with E-state index >= 15 is 0 Å². The molecule has 1 aromatic carbocycles. The van der Waals surface area contributed by atoms with E-state index in [0.29, 0.717) is 10.0 Å². The maximum atomic E-state index is 6.22. The molecule has 0 aliphatic rings. The number of thioether (sulfide) groups is 1. The number of hydrogen-bond donors (Lipinski definition) is 0. The van der Waals surface area contributed by atoms with Gasteiger partial charge in [0.25, 0.3) is 0 Å². The number of alkyl halides is 1. The summed E-state index contributed by atoms with van der Waals surface area (Å²) in [7, 11) is 0. The molecule has 19 heavy (non-hydrogen) atoms. The molecule has 0 N–H and O–H groups in total. The molecule has 0 bridgehead atoms. The summed E-state index contributed by atoms with van der Waals surface area (Å²) in [5.41, 5.74) is 1.85. The molecule has 0 saturated heterocycles. The highest BCUT2D eigenvalue weighted by Crippen LogP contribution is 2.31. The minimum atomic E-state index is -0.140. The summed E-state index contributed by atoms with van der Waals surface area (Å²) >= 11 is 20.2. The number of imidazole rings is 1. The van der Waals surface area contributed by atoms with Gasteiger partial charge < -0.3 is 4.57 Å². The van der Waals surface area contributed by atoms with Gasteiger partial charge in [-0.25, -0.2) is 4.98 Å². The number of fused-ring (bicyclic) bond motifs is 1. The van der Waals surface area contributed by atoms with Gasteiger partial charge in [0, 0.05) is 6.54 Å². The van der Waals surface area contributed by atoms with Crippen molar-refractivity contribution >= 4 is 57.6 Å². The smallest absolute Gasteiger partial charge is 0.127 e. The second-order valence-electron chi connectivity index (χ2n) is 4.34. The van der Waals surface area contributed by atoms with Crippen LogP contribution in [-0.2, 0) is 6.54 Å². The van der Waals surface area contributed by atoms with Gasteiger partial charge in [0.2, 0.25) is 0 Å². The van der Waals surface area contributed by atoms with Crippen LogP contribution in [0.3, 0.4) is 0 Å². The Morgan fingerprint density at radius 3 is 2.63 bits per heavy atom. The Balaban J connectivity index is 2.49. The molecule has 2 nitrogen and oxygen atoms in total. The topological polar surface area (TPSA) is 17.8 Å². The number of nitrogens with zero attached hydrogens (tertiary/aromatic N) is 2. The van der Waals surface area contributed by atoms with Gasteiger partial charge in [-0.3, -0.25) is 0 Å². The quantitative estimate of drug-likeness (QED) is 0.537. The van der Waals surface area contributed by atoms with E-state index in [1.807, 2.05) is 24.8 Å². The molecule has 6 heteroatoms. The first-order chi connectivity index (χ1) is 9.04. The maximum Gasteiger partial charge on any atom is 0.127 e. The largest absolute Gasteiger partial charge is 0.327 e. The van der Waals surface area contributed by atoms with E-state index in [0.717, 1.165) is 35.6 Å². The van der Waals surface area contributed by atoms with Crippen LogP contribution in [0, 0.1) is 0 Å². The summed E-state index contributed by atoms with van der Waals surface area (Å²) in [6, 6.07) is 3.67. The van der Waals surface area contributed by atoms with Gasteiger partial charge in [-0.1, -0.05) is 23.2 Å². The van der Waals surface area contributed by atoms with Crippen LogP contribution in [0.1, 0.15) is 24.5 Å². The SMILES string of the molecule is CSCCCn1c(C(C)Cl)nc2cc(Cl)c(Cl)cc21. The summed E-state index contributed by atoms with van der Waals surface area (Å²) < 4.78 is 2.14. The second kappa shape index (κ2) is 6.57. The fourth-order valence-electron chi connectivity index (χ4n) is 2.04. The average Bonchev–Trinajstić information content (AvgIpc) is 2.69. The van der Waals surface area contributed by atoms with E-state index in [1.54, 1.807) is 6.07 Å². The fraction of sp³-hybridized carbons (Fsp3) is 0.462. The van der Waals surface area contributed by atoms with Gasteiger partial charge in [-0.15, -0.1) is 11.6 Å². The summed E-state index contributed by atoms with van der Waals surface area (Å²) in [5, 5.41) is 0.935. The first-order valence-electron chi connectivity index (χ1n) is 6.02. The van der Waals surface area contributed by atoms with Crippen LogP contribution in [0.4, 0.5) is 0 Å². The van der Waals surface area contributed by atoms with E-state index in [2.05, 4.69) is 15.8 Å². The predicted octanol–water partition coefficient (Wildman–Crippen LogP) is 5.40. The Kier molecular flexibility index (Phi) is 5.29. The zero-order valence-electron chi connectivity index (χ0n) is 10.8. The Morgan fingerprint density at radius 2 is 2.00 bits per heavy atom. The Morgan fingerprint density at radius 1 is 1.32 bits per heavy atom. The molecule has 0 aliphatic carbocycles. The van der Waals surface area contributed by atoms with Crippen LogP contribution in [-0.4, -0.2) is 21.6 Å². The summed E-state index contributed by atoms with van der Waals surface area (Å²) in [6.07, 6.45) is 3.18. The average molecular weight is 338 g/mol. The Hall–Kier alpha value is -0.0900. The molecule has 1 unspecified atom stereocenters. The number of aromatic nitrogens is 2. The minimum absolute atomic E-state index is 0.140. The van der Waals surface area contributed by atoms with Gasteiger partial charge in [0.1, 0.15) is 5.82 Å². The molecule has 1 atom stereocenters. The zero-order chi connectivity index (χ0) is 14.0. The number of halogens is 3. The van der Waals surface area contributed by atoms with Crippen LogP contribution >= 0.6 is 46.6 Å². The Bertz CT molecular complexity index is 581. The van der Waals surface area contributed by atoms with E-state index in [1.165, 1.54) is 0 Å². The van der Waals surface area contributed by atoms with Crippen molar-refractivity contribution in [1.29, 1.82) is 0 Å². The van der Waals surface area contributed by atoms with E-state index in [4.69, 9.17) is 34.8 Å². The molecule has 104 valence electrons. The van der Waals surface area contributed by atoms with Crippen molar-refractivity contribution in [3.05, 3.63) is 28.0 Å². The minimum Gasteiger partial charge on any atom is -0.327 e. The van der Waals surface area contributed by atoms with Gasteiger partial charge >= 0.3 is 0 Å². The number of aryl methyl sites for hydroxylation is 1. The number of hydrogen-bond acceptors (Lipinski definition) is 2. The van der Waals surface area contributed by atoms with Crippen molar-refractivity contribution in [3.63, 3.8) is 0 Å². The third-order valence-corrected chi connectivity index (χ3v) is 4.52. The van der Waals surface area contributed by atoms with Crippen molar-refractivity contribution in [2.45, 2.75) is 25.3 Å². The third-order valence-electron chi connectivity index (χ3n) is 2.91. The summed E-state index contributed by atoms with van der Waals surface area (Å²) in [5.74, 6) is 1.98. The van der Waals surface area contributed by atoms with E-state index in [9.17, 15) is 0 Å². The molecule has 1 heterocycles. The fourth-order valence-corrected chi connectivity index (χ4v) is 2.94. The maximum absolute atomic E-state index is 6.22. The van der Waals surface area contributed by atoms with Gasteiger partial charge in [-0.2, -0.15) is 11.8 Å². The molecule has 0 spiro atoms.